The highest BCUT2D eigenvalue weighted by Crippen LogP contribution is 2.30. The van der Waals surface area contributed by atoms with E-state index in [1.54, 1.807) is 0 Å². The van der Waals surface area contributed by atoms with Gasteiger partial charge >= 0.3 is 6.01 Å². The Morgan fingerprint density at radius 1 is 1.25 bits per heavy atom. The lowest BCUT2D eigenvalue weighted by atomic mass is 10.2. The van der Waals surface area contributed by atoms with Crippen molar-refractivity contribution in [2.45, 2.75) is 58.5 Å². The minimum absolute atomic E-state index is 0.412. The molecule has 1 aromatic heterocycles. The average molecular weight is 279 g/mol. The molecule has 1 aromatic rings. The zero-order valence-electron chi connectivity index (χ0n) is 12.9. The van der Waals surface area contributed by atoms with Gasteiger partial charge in [0, 0.05) is 19.1 Å². The number of ether oxygens (including phenoxy) is 1. The first-order valence-corrected chi connectivity index (χ1v) is 7.54. The van der Waals surface area contributed by atoms with Gasteiger partial charge in [0.25, 0.3) is 0 Å². The quantitative estimate of drug-likeness (QED) is 0.863. The lowest BCUT2D eigenvalue weighted by molar-refractivity contribution is 0.291. The molecule has 2 unspecified atom stereocenters. The van der Waals surface area contributed by atoms with Gasteiger partial charge in [-0.3, -0.25) is 0 Å². The zero-order valence-corrected chi connectivity index (χ0v) is 12.9. The van der Waals surface area contributed by atoms with Gasteiger partial charge in [-0.25, -0.2) is 0 Å². The average Bonchev–Trinajstić information content (AvgIpc) is 2.85. The number of nitrogens with zero attached hydrogens (tertiary/aromatic N) is 4. The maximum Gasteiger partial charge on any atom is 0.323 e. The van der Waals surface area contributed by atoms with E-state index in [-0.39, 0.29) is 0 Å². The second kappa shape index (κ2) is 6.72. The first-order valence-electron chi connectivity index (χ1n) is 7.54. The van der Waals surface area contributed by atoms with Crippen LogP contribution in [-0.4, -0.2) is 40.7 Å². The van der Waals surface area contributed by atoms with Gasteiger partial charge in [0.2, 0.25) is 11.9 Å². The summed E-state index contributed by atoms with van der Waals surface area (Å²) >= 11 is 0. The monoisotopic (exact) mass is 279 g/mol. The molecule has 20 heavy (non-hydrogen) atoms. The minimum Gasteiger partial charge on any atom is -0.463 e. The molecule has 2 rings (SSSR count). The van der Waals surface area contributed by atoms with Crippen LogP contribution in [0.5, 0.6) is 6.01 Å². The van der Waals surface area contributed by atoms with Crippen molar-refractivity contribution in [3.63, 3.8) is 0 Å². The third kappa shape index (κ3) is 3.11. The van der Waals surface area contributed by atoms with Gasteiger partial charge in [0.15, 0.2) is 0 Å². The lowest BCUT2D eigenvalue weighted by Crippen LogP contribution is -2.35. The molecule has 1 aliphatic heterocycles. The highest BCUT2D eigenvalue weighted by Gasteiger charge is 2.32. The van der Waals surface area contributed by atoms with Gasteiger partial charge in [-0.2, -0.15) is 15.0 Å². The van der Waals surface area contributed by atoms with E-state index in [1.165, 1.54) is 12.8 Å². The molecule has 6 nitrogen and oxygen atoms in total. The van der Waals surface area contributed by atoms with Crippen molar-refractivity contribution in [1.29, 1.82) is 0 Å². The summed E-state index contributed by atoms with van der Waals surface area (Å²) in [6.45, 7) is 7.13. The van der Waals surface area contributed by atoms with Gasteiger partial charge in [-0.1, -0.05) is 13.8 Å². The van der Waals surface area contributed by atoms with Crippen LogP contribution >= 0.6 is 0 Å². The summed E-state index contributed by atoms with van der Waals surface area (Å²) in [7, 11) is 1.81. The largest absolute Gasteiger partial charge is 0.463 e. The van der Waals surface area contributed by atoms with Crippen molar-refractivity contribution in [3.05, 3.63) is 0 Å². The summed E-state index contributed by atoms with van der Waals surface area (Å²) in [4.78, 5) is 15.6. The fourth-order valence-electron chi connectivity index (χ4n) is 2.66. The Hall–Kier alpha value is -1.59. The van der Waals surface area contributed by atoms with E-state index in [9.17, 15) is 0 Å². The molecule has 0 aromatic carbocycles. The number of nitrogens with one attached hydrogen (secondary N) is 1. The first-order chi connectivity index (χ1) is 9.69. The normalized spacial score (nSPS) is 22.1. The number of anilines is 2. The van der Waals surface area contributed by atoms with E-state index < -0.39 is 0 Å². The molecule has 1 saturated heterocycles. The predicted molar refractivity (Wildman–Crippen MR) is 80.4 cm³/mol. The van der Waals surface area contributed by atoms with E-state index in [1.807, 2.05) is 7.05 Å². The fourth-order valence-corrected chi connectivity index (χ4v) is 2.66. The molecule has 0 saturated carbocycles. The number of rotatable bonds is 6. The van der Waals surface area contributed by atoms with E-state index in [2.05, 4.69) is 45.9 Å². The third-order valence-electron chi connectivity index (χ3n) is 3.75. The molecule has 1 N–H and O–H groups in total. The van der Waals surface area contributed by atoms with E-state index in [0.29, 0.717) is 30.6 Å². The van der Waals surface area contributed by atoms with Crippen molar-refractivity contribution < 1.29 is 4.74 Å². The Kier molecular flexibility index (Phi) is 4.98. The van der Waals surface area contributed by atoms with E-state index in [4.69, 9.17) is 4.74 Å². The number of hydrogen-bond acceptors (Lipinski definition) is 6. The standard InChI is InChI=1S/C14H25N5O/c1-5-9-20-14-17-12(15-4)16-13(18-14)19-10(3)7-8-11(19)6-2/h10-11H,5-9H2,1-4H3,(H,15,16,17,18). The van der Waals surface area contributed by atoms with Gasteiger partial charge in [0.1, 0.15) is 0 Å². The van der Waals surface area contributed by atoms with Crippen LogP contribution in [0.15, 0.2) is 0 Å². The van der Waals surface area contributed by atoms with Crippen LogP contribution in [0.4, 0.5) is 11.9 Å². The highest BCUT2D eigenvalue weighted by atomic mass is 16.5. The van der Waals surface area contributed by atoms with Crippen LogP contribution in [0.2, 0.25) is 0 Å². The van der Waals surface area contributed by atoms with Crippen molar-refractivity contribution in [3.8, 4) is 6.01 Å². The van der Waals surface area contributed by atoms with E-state index >= 15 is 0 Å². The van der Waals surface area contributed by atoms with Crippen molar-refractivity contribution in [2.75, 3.05) is 23.9 Å². The Balaban J connectivity index is 2.29. The minimum atomic E-state index is 0.412. The molecule has 112 valence electrons. The fraction of sp³-hybridized carbons (Fsp3) is 0.786. The highest BCUT2D eigenvalue weighted by molar-refractivity contribution is 5.41. The maximum atomic E-state index is 5.57. The Morgan fingerprint density at radius 2 is 2.05 bits per heavy atom. The summed E-state index contributed by atoms with van der Waals surface area (Å²) < 4.78 is 5.57. The topological polar surface area (TPSA) is 63.2 Å². The summed E-state index contributed by atoms with van der Waals surface area (Å²) in [6, 6.07) is 1.39. The van der Waals surface area contributed by atoms with Crippen LogP contribution < -0.4 is 15.0 Å². The molecule has 0 bridgehead atoms. The molecule has 0 radical (unpaired) electrons. The van der Waals surface area contributed by atoms with Gasteiger partial charge in [-0.15, -0.1) is 0 Å². The molecule has 1 fully saturated rings. The molecule has 0 spiro atoms. The van der Waals surface area contributed by atoms with Gasteiger partial charge in [0.05, 0.1) is 6.61 Å². The third-order valence-corrected chi connectivity index (χ3v) is 3.75. The second-order valence-corrected chi connectivity index (χ2v) is 5.24. The van der Waals surface area contributed by atoms with Crippen LogP contribution in [0.1, 0.15) is 46.5 Å². The lowest BCUT2D eigenvalue weighted by Gasteiger charge is -2.28. The Morgan fingerprint density at radius 3 is 2.70 bits per heavy atom. The molecule has 2 atom stereocenters. The summed E-state index contributed by atoms with van der Waals surface area (Å²) in [5.41, 5.74) is 0. The van der Waals surface area contributed by atoms with Crippen molar-refractivity contribution in [1.82, 2.24) is 15.0 Å². The molecule has 2 heterocycles. The van der Waals surface area contributed by atoms with Crippen LogP contribution in [0, 0.1) is 0 Å². The maximum absolute atomic E-state index is 5.57. The SMILES string of the molecule is CCCOc1nc(NC)nc(N2C(C)CCC2CC)n1. The van der Waals surface area contributed by atoms with Crippen LogP contribution in [0.25, 0.3) is 0 Å². The van der Waals surface area contributed by atoms with Crippen molar-refractivity contribution in [2.24, 2.45) is 0 Å². The van der Waals surface area contributed by atoms with Gasteiger partial charge < -0.3 is 15.0 Å². The van der Waals surface area contributed by atoms with E-state index in [0.717, 1.165) is 18.8 Å². The summed E-state index contributed by atoms with van der Waals surface area (Å²) in [5.74, 6) is 1.29. The smallest absolute Gasteiger partial charge is 0.323 e. The summed E-state index contributed by atoms with van der Waals surface area (Å²) in [5, 5.41) is 2.99. The molecular weight excluding hydrogens is 254 g/mol. The first kappa shape index (κ1) is 14.8. The van der Waals surface area contributed by atoms with Crippen LogP contribution in [0.3, 0.4) is 0 Å². The predicted octanol–water partition coefficient (Wildman–Crippen LogP) is 2.47. The Bertz CT molecular complexity index is 440. The van der Waals surface area contributed by atoms with Crippen molar-refractivity contribution >= 4 is 11.9 Å². The molecular formula is C14H25N5O. The number of hydrogen-bond donors (Lipinski definition) is 1. The number of aromatic nitrogens is 3. The summed E-state index contributed by atoms with van der Waals surface area (Å²) in [6.07, 6.45) is 4.43. The zero-order chi connectivity index (χ0) is 14.5. The Labute approximate surface area is 121 Å². The second-order valence-electron chi connectivity index (χ2n) is 5.24. The molecule has 0 aliphatic carbocycles. The molecule has 6 heteroatoms. The van der Waals surface area contributed by atoms with Gasteiger partial charge in [-0.05, 0) is 32.6 Å². The molecule has 0 amide bonds. The van der Waals surface area contributed by atoms with Crippen LogP contribution in [-0.2, 0) is 0 Å². The molecule has 1 aliphatic rings.